The fraction of sp³-hybridized carbons (Fsp3) is 0.158. The van der Waals surface area contributed by atoms with Gasteiger partial charge in [0.25, 0.3) is 0 Å². The molecule has 0 radical (unpaired) electrons. The Hall–Kier alpha value is -2.95. The molecule has 0 atom stereocenters. The Morgan fingerprint density at radius 1 is 0.792 bits per heavy atom. The SMILES string of the molecule is Cc1ccc(NC(=O)C=CC(=O)Nc2ccc(C)c(F)c2)cc1C. The highest BCUT2D eigenvalue weighted by Crippen LogP contribution is 2.15. The first-order valence-electron chi connectivity index (χ1n) is 7.48. The molecule has 0 bridgehead atoms. The number of aryl methyl sites for hydroxylation is 3. The lowest BCUT2D eigenvalue weighted by atomic mass is 10.1. The molecule has 2 amide bonds. The molecule has 2 N–H and O–H groups in total. The minimum atomic E-state index is -0.506. The third-order valence-electron chi connectivity index (χ3n) is 3.60. The number of carbonyl (C=O) groups is 2. The van der Waals surface area contributed by atoms with Crippen molar-refractivity contribution in [3.05, 3.63) is 71.1 Å². The summed E-state index contributed by atoms with van der Waals surface area (Å²) in [5.74, 6) is -1.32. The molecular formula is C19H19FN2O2. The summed E-state index contributed by atoms with van der Waals surface area (Å²) in [6.45, 7) is 5.58. The Balaban J connectivity index is 1.93. The van der Waals surface area contributed by atoms with E-state index in [4.69, 9.17) is 0 Å². The maximum Gasteiger partial charge on any atom is 0.248 e. The number of carbonyl (C=O) groups excluding carboxylic acids is 2. The van der Waals surface area contributed by atoms with Gasteiger partial charge in [-0.15, -0.1) is 0 Å². The standard InChI is InChI=1S/C19H19FN2O2/c1-12-4-6-15(10-14(12)3)21-18(23)8-9-19(24)22-16-7-5-13(2)17(20)11-16/h4-11H,1-3H3,(H,21,23)(H,22,24). The topological polar surface area (TPSA) is 58.2 Å². The fourth-order valence-corrected chi connectivity index (χ4v) is 2.01. The summed E-state index contributed by atoms with van der Waals surface area (Å²) >= 11 is 0. The molecule has 0 aromatic heterocycles. The highest BCUT2D eigenvalue weighted by atomic mass is 19.1. The van der Waals surface area contributed by atoms with Crippen LogP contribution in [0.1, 0.15) is 16.7 Å². The molecule has 124 valence electrons. The van der Waals surface area contributed by atoms with Gasteiger partial charge in [-0.2, -0.15) is 0 Å². The zero-order valence-electron chi connectivity index (χ0n) is 13.8. The smallest absolute Gasteiger partial charge is 0.248 e. The zero-order valence-corrected chi connectivity index (χ0v) is 13.8. The molecule has 0 aliphatic rings. The molecular weight excluding hydrogens is 307 g/mol. The summed E-state index contributed by atoms with van der Waals surface area (Å²) < 4.78 is 13.4. The Labute approximate surface area is 140 Å². The van der Waals surface area contributed by atoms with Crippen LogP contribution < -0.4 is 10.6 Å². The average Bonchev–Trinajstić information content (AvgIpc) is 2.53. The average molecular weight is 326 g/mol. The Morgan fingerprint density at radius 3 is 1.79 bits per heavy atom. The summed E-state index contributed by atoms with van der Waals surface area (Å²) in [6.07, 6.45) is 2.24. The molecule has 0 saturated heterocycles. The van der Waals surface area contributed by atoms with Gasteiger partial charge in [-0.05, 0) is 61.7 Å². The quantitative estimate of drug-likeness (QED) is 0.838. The minimum Gasteiger partial charge on any atom is -0.323 e. The predicted molar refractivity (Wildman–Crippen MR) is 93.5 cm³/mol. The summed E-state index contributed by atoms with van der Waals surface area (Å²) in [5, 5.41) is 5.18. The van der Waals surface area contributed by atoms with E-state index >= 15 is 0 Å². The third-order valence-corrected chi connectivity index (χ3v) is 3.60. The molecule has 5 heteroatoms. The van der Waals surface area contributed by atoms with Crippen LogP contribution in [0.15, 0.2) is 48.6 Å². The van der Waals surface area contributed by atoms with Crippen LogP contribution in [0.3, 0.4) is 0 Å². The van der Waals surface area contributed by atoms with Crippen LogP contribution in [-0.4, -0.2) is 11.8 Å². The van der Waals surface area contributed by atoms with Crippen molar-refractivity contribution >= 4 is 23.2 Å². The van der Waals surface area contributed by atoms with E-state index < -0.39 is 17.6 Å². The van der Waals surface area contributed by atoms with E-state index in [2.05, 4.69) is 10.6 Å². The van der Waals surface area contributed by atoms with E-state index in [9.17, 15) is 14.0 Å². The number of rotatable bonds is 4. The normalized spacial score (nSPS) is 10.7. The van der Waals surface area contributed by atoms with Crippen molar-refractivity contribution in [2.24, 2.45) is 0 Å². The van der Waals surface area contributed by atoms with Gasteiger partial charge in [0.2, 0.25) is 11.8 Å². The lowest BCUT2D eigenvalue weighted by Crippen LogP contribution is -2.12. The Bertz CT molecular complexity index is 746. The molecule has 0 saturated carbocycles. The van der Waals surface area contributed by atoms with Crippen LogP contribution in [0, 0.1) is 26.6 Å². The van der Waals surface area contributed by atoms with Crippen LogP contribution in [0.2, 0.25) is 0 Å². The monoisotopic (exact) mass is 326 g/mol. The maximum absolute atomic E-state index is 13.4. The van der Waals surface area contributed by atoms with Crippen molar-refractivity contribution in [1.82, 2.24) is 0 Å². The van der Waals surface area contributed by atoms with E-state index in [0.29, 0.717) is 16.9 Å². The lowest BCUT2D eigenvalue weighted by Gasteiger charge is -2.06. The van der Waals surface area contributed by atoms with Gasteiger partial charge in [-0.25, -0.2) is 4.39 Å². The molecule has 0 aliphatic carbocycles. The number of amides is 2. The summed E-state index contributed by atoms with van der Waals surface area (Å²) in [4.78, 5) is 23.6. The van der Waals surface area contributed by atoms with Gasteiger partial charge in [0, 0.05) is 23.5 Å². The van der Waals surface area contributed by atoms with Crippen LogP contribution in [0.5, 0.6) is 0 Å². The number of nitrogens with one attached hydrogen (secondary N) is 2. The zero-order chi connectivity index (χ0) is 17.7. The molecule has 4 nitrogen and oxygen atoms in total. The van der Waals surface area contributed by atoms with Crippen LogP contribution in [-0.2, 0) is 9.59 Å². The molecule has 0 heterocycles. The summed E-state index contributed by atoms with van der Waals surface area (Å²) in [6, 6.07) is 9.96. The Kier molecular flexibility index (Phi) is 5.47. The minimum absolute atomic E-state index is 0.335. The molecule has 2 aromatic rings. The third kappa shape index (κ3) is 4.78. The lowest BCUT2D eigenvalue weighted by molar-refractivity contribution is -0.114. The van der Waals surface area contributed by atoms with Gasteiger partial charge in [0.05, 0.1) is 0 Å². The Morgan fingerprint density at radius 2 is 1.29 bits per heavy atom. The molecule has 24 heavy (non-hydrogen) atoms. The molecule has 0 fully saturated rings. The second-order valence-electron chi connectivity index (χ2n) is 5.57. The summed E-state index contributed by atoms with van der Waals surface area (Å²) in [5.41, 5.74) is 3.69. The number of benzene rings is 2. The largest absolute Gasteiger partial charge is 0.323 e. The second-order valence-corrected chi connectivity index (χ2v) is 5.57. The molecule has 0 spiro atoms. The van der Waals surface area contributed by atoms with Gasteiger partial charge in [-0.3, -0.25) is 9.59 Å². The van der Waals surface area contributed by atoms with Crippen LogP contribution in [0.4, 0.5) is 15.8 Å². The van der Waals surface area contributed by atoms with E-state index in [1.54, 1.807) is 25.1 Å². The fourth-order valence-electron chi connectivity index (χ4n) is 2.01. The van der Waals surface area contributed by atoms with Crippen molar-refractivity contribution in [2.75, 3.05) is 10.6 Å². The highest BCUT2D eigenvalue weighted by molar-refractivity contribution is 6.06. The van der Waals surface area contributed by atoms with E-state index in [1.807, 2.05) is 26.0 Å². The van der Waals surface area contributed by atoms with Gasteiger partial charge >= 0.3 is 0 Å². The first kappa shape index (κ1) is 17.4. The van der Waals surface area contributed by atoms with Crippen molar-refractivity contribution < 1.29 is 14.0 Å². The first-order chi connectivity index (χ1) is 11.3. The van der Waals surface area contributed by atoms with Crippen molar-refractivity contribution in [3.63, 3.8) is 0 Å². The highest BCUT2D eigenvalue weighted by Gasteiger charge is 2.04. The van der Waals surface area contributed by atoms with Gasteiger partial charge in [0.15, 0.2) is 0 Å². The van der Waals surface area contributed by atoms with E-state index in [-0.39, 0.29) is 0 Å². The van der Waals surface area contributed by atoms with Crippen molar-refractivity contribution in [3.8, 4) is 0 Å². The number of hydrogen-bond donors (Lipinski definition) is 2. The van der Waals surface area contributed by atoms with Crippen LogP contribution >= 0.6 is 0 Å². The second kappa shape index (κ2) is 7.55. The van der Waals surface area contributed by atoms with E-state index in [1.165, 1.54) is 6.07 Å². The molecule has 0 aliphatic heterocycles. The first-order valence-corrected chi connectivity index (χ1v) is 7.48. The predicted octanol–water partition coefficient (Wildman–Crippen LogP) is 3.88. The molecule has 2 rings (SSSR count). The van der Waals surface area contributed by atoms with Crippen molar-refractivity contribution in [1.29, 1.82) is 0 Å². The number of anilines is 2. The van der Waals surface area contributed by atoms with E-state index in [0.717, 1.165) is 23.3 Å². The van der Waals surface area contributed by atoms with Crippen molar-refractivity contribution in [2.45, 2.75) is 20.8 Å². The van der Waals surface area contributed by atoms with Gasteiger partial charge < -0.3 is 10.6 Å². The van der Waals surface area contributed by atoms with Crippen LogP contribution in [0.25, 0.3) is 0 Å². The number of halogens is 1. The van der Waals surface area contributed by atoms with Gasteiger partial charge in [-0.1, -0.05) is 12.1 Å². The molecule has 0 unspecified atom stereocenters. The molecule has 2 aromatic carbocycles. The summed E-state index contributed by atoms with van der Waals surface area (Å²) in [7, 11) is 0. The maximum atomic E-state index is 13.4. The number of hydrogen-bond acceptors (Lipinski definition) is 2. The van der Waals surface area contributed by atoms with Gasteiger partial charge in [0.1, 0.15) is 5.82 Å².